The van der Waals surface area contributed by atoms with Crippen LogP contribution in [0.4, 0.5) is 19.0 Å². The Balaban J connectivity index is 2.79. The van der Waals surface area contributed by atoms with E-state index in [1.165, 1.54) is 11.1 Å². The number of anilines is 1. The van der Waals surface area contributed by atoms with E-state index in [-0.39, 0.29) is 6.54 Å². The molecule has 0 aliphatic carbocycles. The summed E-state index contributed by atoms with van der Waals surface area (Å²) in [5.41, 5.74) is 0. The lowest BCUT2D eigenvalue weighted by Crippen LogP contribution is -2.34. The van der Waals surface area contributed by atoms with Crippen LogP contribution in [0.3, 0.4) is 0 Å². The Bertz CT molecular complexity index is 310. The molecule has 0 spiro atoms. The maximum absolute atomic E-state index is 12.2. The highest BCUT2D eigenvalue weighted by atomic mass is 79.9. The standard InChI is InChI=1S/C9H10BrF3N2/c1-2-15(6-9(11,12)13)8-4-3-7(10)5-14-8/h3-5H,2,6H2,1H3. The fourth-order valence-corrected chi connectivity index (χ4v) is 1.36. The van der Waals surface area contributed by atoms with E-state index in [2.05, 4.69) is 20.9 Å². The van der Waals surface area contributed by atoms with E-state index in [0.717, 1.165) is 4.47 Å². The molecule has 15 heavy (non-hydrogen) atoms. The molecule has 0 aromatic carbocycles. The van der Waals surface area contributed by atoms with Crippen molar-refractivity contribution in [2.45, 2.75) is 13.1 Å². The molecule has 0 fully saturated rings. The first kappa shape index (κ1) is 12.3. The number of hydrogen-bond acceptors (Lipinski definition) is 2. The molecule has 84 valence electrons. The molecule has 6 heteroatoms. The van der Waals surface area contributed by atoms with E-state index in [4.69, 9.17) is 0 Å². The number of pyridine rings is 1. The Morgan fingerprint density at radius 3 is 2.47 bits per heavy atom. The van der Waals surface area contributed by atoms with Gasteiger partial charge in [-0.2, -0.15) is 13.2 Å². The average Bonchev–Trinajstić information content (AvgIpc) is 2.14. The van der Waals surface area contributed by atoms with Crippen LogP contribution in [0.2, 0.25) is 0 Å². The molecular formula is C9H10BrF3N2. The minimum atomic E-state index is -4.20. The summed E-state index contributed by atoms with van der Waals surface area (Å²) < 4.78 is 37.3. The topological polar surface area (TPSA) is 16.1 Å². The molecule has 0 aliphatic heterocycles. The monoisotopic (exact) mass is 282 g/mol. The molecule has 0 unspecified atom stereocenters. The van der Waals surface area contributed by atoms with Crippen molar-refractivity contribution in [3.8, 4) is 0 Å². The van der Waals surface area contributed by atoms with Gasteiger partial charge in [0.1, 0.15) is 12.4 Å². The van der Waals surface area contributed by atoms with Crippen molar-refractivity contribution in [3.05, 3.63) is 22.8 Å². The fraction of sp³-hybridized carbons (Fsp3) is 0.444. The molecule has 0 amide bonds. The number of hydrogen-bond donors (Lipinski definition) is 0. The van der Waals surface area contributed by atoms with Crippen LogP contribution in [0, 0.1) is 0 Å². The van der Waals surface area contributed by atoms with Gasteiger partial charge >= 0.3 is 6.18 Å². The Morgan fingerprint density at radius 2 is 2.07 bits per heavy atom. The average molecular weight is 283 g/mol. The van der Waals surface area contributed by atoms with Crippen LogP contribution in [0.1, 0.15) is 6.92 Å². The molecule has 0 radical (unpaired) electrons. The maximum Gasteiger partial charge on any atom is 0.405 e. The van der Waals surface area contributed by atoms with Gasteiger partial charge in [-0.25, -0.2) is 4.98 Å². The van der Waals surface area contributed by atoms with Crippen molar-refractivity contribution in [2.75, 3.05) is 18.0 Å². The summed E-state index contributed by atoms with van der Waals surface area (Å²) in [7, 11) is 0. The molecule has 0 aliphatic rings. The third-order valence-corrected chi connectivity index (χ3v) is 2.26. The van der Waals surface area contributed by atoms with E-state index in [9.17, 15) is 13.2 Å². The summed E-state index contributed by atoms with van der Waals surface area (Å²) in [6.45, 7) is 0.960. The summed E-state index contributed by atoms with van der Waals surface area (Å²) >= 11 is 3.17. The largest absolute Gasteiger partial charge is 0.405 e. The normalized spacial score (nSPS) is 11.5. The van der Waals surface area contributed by atoms with Crippen LogP contribution in [0.5, 0.6) is 0 Å². The smallest absolute Gasteiger partial charge is 0.348 e. The van der Waals surface area contributed by atoms with E-state index < -0.39 is 12.7 Å². The molecule has 1 rings (SSSR count). The summed E-state index contributed by atoms with van der Waals surface area (Å²) in [5.74, 6) is 0.332. The maximum atomic E-state index is 12.2. The van der Waals surface area contributed by atoms with Crippen molar-refractivity contribution < 1.29 is 13.2 Å². The van der Waals surface area contributed by atoms with Gasteiger partial charge in [0.2, 0.25) is 0 Å². The highest BCUT2D eigenvalue weighted by molar-refractivity contribution is 9.10. The number of alkyl halides is 3. The van der Waals surface area contributed by atoms with Gasteiger partial charge in [-0.3, -0.25) is 0 Å². The lowest BCUT2D eigenvalue weighted by molar-refractivity contribution is -0.119. The molecule has 0 N–H and O–H groups in total. The Morgan fingerprint density at radius 1 is 1.40 bits per heavy atom. The Labute approximate surface area is 94.2 Å². The van der Waals surface area contributed by atoms with E-state index in [1.54, 1.807) is 19.1 Å². The minimum Gasteiger partial charge on any atom is -0.348 e. The zero-order valence-corrected chi connectivity index (χ0v) is 9.64. The van der Waals surface area contributed by atoms with Crippen molar-refractivity contribution in [3.63, 3.8) is 0 Å². The molecule has 0 saturated heterocycles. The van der Waals surface area contributed by atoms with Gasteiger partial charge in [-0.05, 0) is 35.0 Å². The van der Waals surface area contributed by atoms with E-state index in [1.807, 2.05) is 0 Å². The second-order valence-electron chi connectivity index (χ2n) is 2.96. The van der Waals surface area contributed by atoms with Crippen molar-refractivity contribution in [1.82, 2.24) is 4.98 Å². The SMILES string of the molecule is CCN(CC(F)(F)F)c1ccc(Br)cn1. The Hall–Kier alpha value is -0.780. The molecule has 1 heterocycles. The van der Waals surface area contributed by atoms with Gasteiger partial charge < -0.3 is 4.90 Å². The van der Waals surface area contributed by atoms with Gasteiger partial charge in [0.15, 0.2) is 0 Å². The van der Waals surface area contributed by atoms with Crippen LogP contribution >= 0.6 is 15.9 Å². The molecule has 0 saturated carbocycles. The predicted octanol–water partition coefficient (Wildman–Crippen LogP) is 3.23. The first-order valence-corrected chi connectivity index (χ1v) is 5.15. The summed E-state index contributed by atoms with van der Waals surface area (Å²) in [6.07, 6.45) is -2.72. The van der Waals surface area contributed by atoms with Crippen molar-refractivity contribution >= 4 is 21.7 Å². The quantitative estimate of drug-likeness (QED) is 0.846. The van der Waals surface area contributed by atoms with Crippen molar-refractivity contribution in [2.24, 2.45) is 0 Å². The fourth-order valence-electron chi connectivity index (χ4n) is 1.13. The summed E-state index contributed by atoms with van der Waals surface area (Å²) in [4.78, 5) is 5.09. The zero-order valence-electron chi connectivity index (χ0n) is 8.05. The summed E-state index contributed by atoms with van der Waals surface area (Å²) in [6, 6.07) is 3.22. The van der Waals surface area contributed by atoms with Crippen molar-refractivity contribution in [1.29, 1.82) is 0 Å². The Kier molecular flexibility index (Phi) is 3.96. The first-order valence-electron chi connectivity index (χ1n) is 4.35. The van der Waals surface area contributed by atoms with Gasteiger partial charge in [0, 0.05) is 17.2 Å². The molecule has 1 aromatic heterocycles. The van der Waals surface area contributed by atoms with E-state index in [0.29, 0.717) is 5.82 Å². The van der Waals surface area contributed by atoms with Gasteiger partial charge in [0.25, 0.3) is 0 Å². The second kappa shape index (κ2) is 4.83. The van der Waals surface area contributed by atoms with Crippen LogP contribution in [0.15, 0.2) is 22.8 Å². The number of rotatable bonds is 3. The molecular weight excluding hydrogens is 273 g/mol. The first-order chi connectivity index (χ1) is 6.92. The van der Waals surface area contributed by atoms with Gasteiger partial charge in [-0.1, -0.05) is 0 Å². The third-order valence-electron chi connectivity index (χ3n) is 1.79. The highest BCUT2D eigenvalue weighted by Gasteiger charge is 2.30. The van der Waals surface area contributed by atoms with E-state index >= 15 is 0 Å². The molecule has 1 aromatic rings. The van der Waals surface area contributed by atoms with Crippen LogP contribution in [-0.2, 0) is 0 Å². The molecule has 0 atom stereocenters. The van der Waals surface area contributed by atoms with Crippen LogP contribution in [-0.4, -0.2) is 24.2 Å². The lowest BCUT2D eigenvalue weighted by Gasteiger charge is -2.23. The number of nitrogens with zero attached hydrogens (tertiary/aromatic N) is 2. The van der Waals surface area contributed by atoms with Gasteiger partial charge in [0.05, 0.1) is 0 Å². The minimum absolute atomic E-state index is 0.272. The predicted molar refractivity (Wildman–Crippen MR) is 55.9 cm³/mol. The number of aromatic nitrogens is 1. The number of halogens is 4. The molecule has 2 nitrogen and oxygen atoms in total. The second-order valence-corrected chi connectivity index (χ2v) is 3.88. The summed E-state index contributed by atoms with van der Waals surface area (Å²) in [5, 5.41) is 0. The zero-order chi connectivity index (χ0) is 11.5. The van der Waals surface area contributed by atoms with Gasteiger partial charge in [-0.15, -0.1) is 0 Å². The lowest BCUT2D eigenvalue weighted by atomic mass is 10.4. The van der Waals surface area contributed by atoms with Crippen LogP contribution < -0.4 is 4.90 Å². The third kappa shape index (κ3) is 4.07. The highest BCUT2D eigenvalue weighted by Crippen LogP contribution is 2.21. The molecule has 0 bridgehead atoms. The van der Waals surface area contributed by atoms with Crippen LogP contribution in [0.25, 0.3) is 0 Å².